The molecule has 1 fully saturated rings. The highest BCUT2D eigenvalue weighted by Crippen LogP contribution is 2.42. The lowest BCUT2D eigenvalue weighted by Gasteiger charge is -2.36. The van der Waals surface area contributed by atoms with Gasteiger partial charge >= 0.3 is 0 Å². The van der Waals surface area contributed by atoms with E-state index in [4.69, 9.17) is 0 Å². The van der Waals surface area contributed by atoms with Crippen molar-refractivity contribution in [1.82, 2.24) is 5.32 Å². The monoisotopic (exact) mass is 436 g/mol. The van der Waals surface area contributed by atoms with Gasteiger partial charge in [0, 0.05) is 10.9 Å². The van der Waals surface area contributed by atoms with E-state index >= 15 is 0 Å². The summed E-state index contributed by atoms with van der Waals surface area (Å²) in [7, 11) is 0. The smallest absolute Gasteiger partial charge is 0.241 e. The second-order valence-corrected chi connectivity index (χ2v) is 10.1. The minimum Gasteiger partial charge on any atom is -0.353 e. The highest BCUT2D eigenvalue weighted by molar-refractivity contribution is 8.01. The predicted octanol–water partition coefficient (Wildman–Crippen LogP) is 5.48. The molecule has 164 valence electrons. The third-order valence-corrected chi connectivity index (χ3v) is 7.91. The van der Waals surface area contributed by atoms with E-state index in [2.05, 4.69) is 42.6 Å². The Morgan fingerprint density at radius 2 is 1.74 bits per heavy atom. The molecule has 0 radical (unpaired) electrons. The number of carbonyl (C=O) groups excluding carboxylic acids is 2. The SMILES string of the molecule is Cc1ccc(CN2C(=O)[C@@H]([C@H](C)C(=O)NC3CCCCCC3)Sc3ccccc32)cc1. The highest BCUT2D eigenvalue weighted by Gasteiger charge is 2.39. The van der Waals surface area contributed by atoms with Crippen LogP contribution in [0.3, 0.4) is 0 Å². The van der Waals surface area contributed by atoms with Gasteiger partial charge in [-0.1, -0.05) is 74.6 Å². The number of hydrogen-bond donors (Lipinski definition) is 1. The highest BCUT2D eigenvalue weighted by atomic mass is 32.2. The Morgan fingerprint density at radius 1 is 1.06 bits per heavy atom. The van der Waals surface area contributed by atoms with Crippen molar-refractivity contribution < 1.29 is 9.59 Å². The maximum absolute atomic E-state index is 13.6. The van der Waals surface area contributed by atoms with Crippen LogP contribution in [0.2, 0.25) is 0 Å². The van der Waals surface area contributed by atoms with Crippen molar-refractivity contribution in [3.8, 4) is 0 Å². The summed E-state index contributed by atoms with van der Waals surface area (Å²) in [6, 6.07) is 16.6. The van der Waals surface area contributed by atoms with Gasteiger partial charge in [-0.25, -0.2) is 0 Å². The first-order chi connectivity index (χ1) is 15.0. The standard InChI is InChI=1S/C26H32N2O2S/c1-18-13-15-20(16-14-18)17-28-22-11-7-8-12-23(22)31-24(26(28)30)19(2)25(29)27-21-9-5-3-4-6-10-21/h7-8,11-16,19,21,24H,3-6,9-10,17H2,1-2H3,(H,27,29)/t19-,24+/m0/s1. The number of fused-ring (bicyclic) bond motifs is 1. The topological polar surface area (TPSA) is 49.4 Å². The van der Waals surface area contributed by atoms with Crippen molar-refractivity contribution in [3.05, 3.63) is 59.7 Å². The summed E-state index contributed by atoms with van der Waals surface area (Å²) in [5.74, 6) is -0.352. The van der Waals surface area contributed by atoms with Gasteiger partial charge in [0.15, 0.2) is 0 Å². The number of hydrogen-bond acceptors (Lipinski definition) is 3. The van der Waals surface area contributed by atoms with Gasteiger partial charge in [0.25, 0.3) is 0 Å². The summed E-state index contributed by atoms with van der Waals surface area (Å²) in [4.78, 5) is 29.6. The molecule has 2 amide bonds. The van der Waals surface area contributed by atoms with Crippen LogP contribution in [-0.4, -0.2) is 23.1 Å². The van der Waals surface area contributed by atoms with Gasteiger partial charge in [-0.05, 0) is 37.5 Å². The molecular formula is C26H32N2O2S. The molecule has 1 heterocycles. The number of aryl methyl sites for hydroxylation is 1. The molecule has 1 saturated carbocycles. The zero-order valence-corrected chi connectivity index (χ0v) is 19.3. The molecular weight excluding hydrogens is 404 g/mol. The number of rotatable bonds is 5. The van der Waals surface area contributed by atoms with Crippen molar-refractivity contribution >= 4 is 29.3 Å². The van der Waals surface area contributed by atoms with E-state index in [0.29, 0.717) is 6.54 Å². The molecule has 0 saturated heterocycles. The van der Waals surface area contributed by atoms with Crippen LogP contribution in [0.5, 0.6) is 0 Å². The maximum Gasteiger partial charge on any atom is 0.241 e. The van der Waals surface area contributed by atoms with Crippen molar-refractivity contribution in [1.29, 1.82) is 0 Å². The van der Waals surface area contributed by atoms with E-state index in [1.165, 1.54) is 43.0 Å². The zero-order valence-electron chi connectivity index (χ0n) is 18.5. The van der Waals surface area contributed by atoms with E-state index in [1.54, 1.807) is 0 Å². The molecule has 0 bridgehead atoms. The first kappa shape index (κ1) is 21.9. The fraction of sp³-hybridized carbons (Fsp3) is 0.462. The Bertz CT molecular complexity index is 919. The average Bonchev–Trinajstić information content (AvgIpc) is 3.05. The van der Waals surface area contributed by atoms with Crippen LogP contribution in [0.1, 0.15) is 56.6 Å². The largest absolute Gasteiger partial charge is 0.353 e. The Kier molecular flexibility index (Phi) is 7.01. The number of amides is 2. The normalized spacial score (nSPS) is 20.6. The summed E-state index contributed by atoms with van der Waals surface area (Å²) in [5, 5.41) is 2.84. The number of anilines is 1. The molecule has 2 aromatic rings. The Labute approximate surface area is 189 Å². The molecule has 0 unspecified atom stereocenters. The maximum atomic E-state index is 13.6. The molecule has 31 heavy (non-hydrogen) atoms. The molecule has 1 N–H and O–H groups in total. The Morgan fingerprint density at radius 3 is 2.45 bits per heavy atom. The van der Waals surface area contributed by atoms with Gasteiger partial charge in [0.1, 0.15) is 5.25 Å². The lowest BCUT2D eigenvalue weighted by atomic mass is 10.0. The summed E-state index contributed by atoms with van der Waals surface area (Å²) >= 11 is 1.53. The lowest BCUT2D eigenvalue weighted by molar-refractivity contribution is -0.129. The van der Waals surface area contributed by atoms with E-state index in [-0.39, 0.29) is 23.8 Å². The minimum atomic E-state index is -0.411. The van der Waals surface area contributed by atoms with Crippen LogP contribution in [0.4, 0.5) is 5.69 Å². The molecule has 1 aliphatic heterocycles. The third-order valence-electron chi connectivity index (χ3n) is 6.45. The predicted molar refractivity (Wildman–Crippen MR) is 127 cm³/mol. The average molecular weight is 437 g/mol. The van der Waals surface area contributed by atoms with E-state index < -0.39 is 5.25 Å². The number of nitrogens with zero attached hydrogens (tertiary/aromatic N) is 1. The molecule has 2 aromatic carbocycles. The second-order valence-electron chi connectivity index (χ2n) is 8.90. The molecule has 4 rings (SSSR count). The molecule has 2 aliphatic rings. The van der Waals surface area contributed by atoms with Crippen LogP contribution >= 0.6 is 11.8 Å². The van der Waals surface area contributed by atoms with Crippen LogP contribution in [0, 0.1) is 12.8 Å². The first-order valence-corrected chi connectivity index (χ1v) is 12.3. The fourth-order valence-corrected chi connectivity index (χ4v) is 5.77. The van der Waals surface area contributed by atoms with Crippen molar-refractivity contribution in [2.45, 2.75) is 75.1 Å². The second kappa shape index (κ2) is 9.90. The first-order valence-electron chi connectivity index (χ1n) is 11.5. The molecule has 4 nitrogen and oxygen atoms in total. The Balaban J connectivity index is 1.53. The number of carbonyl (C=O) groups is 2. The summed E-state index contributed by atoms with van der Waals surface area (Å²) in [6.45, 7) is 4.48. The van der Waals surface area contributed by atoms with Gasteiger partial charge in [0.2, 0.25) is 11.8 Å². The van der Waals surface area contributed by atoms with Crippen LogP contribution < -0.4 is 10.2 Å². The Hall–Kier alpha value is -2.27. The molecule has 0 spiro atoms. The van der Waals surface area contributed by atoms with E-state index in [1.807, 2.05) is 30.0 Å². The van der Waals surface area contributed by atoms with Crippen LogP contribution in [-0.2, 0) is 16.1 Å². The van der Waals surface area contributed by atoms with Crippen molar-refractivity contribution in [2.75, 3.05) is 4.90 Å². The fourth-order valence-electron chi connectivity index (χ4n) is 4.49. The van der Waals surface area contributed by atoms with Gasteiger partial charge in [0.05, 0.1) is 18.2 Å². The van der Waals surface area contributed by atoms with Crippen molar-refractivity contribution in [3.63, 3.8) is 0 Å². The summed E-state index contributed by atoms with van der Waals surface area (Å²) < 4.78 is 0. The van der Waals surface area contributed by atoms with Crippen molar-refractivity contribution in [2.24, 2.45) is 5.92 Å². The quantitative estimate of drug-likeness (QED) is 0.632. The summed E-state index contributed by atoms with van der Waals surface area (Å²) in [5.41, 5.74) is 3.23. The zero-order chi connectivity index (χ0) is 21.8. The van der Waals surface area contributed by atoms with E-state index in [9.17, 15) is 9.59 Å². The van der Waals surface area contributed by atoms with Gasteiger partial charge in [-0.15, -0.1) is 11.8 Å². The lowest BCUT2D eigenvalue weighted by Crippen LogP contribution is -2.48. The van der Waals surface area contributed by atoms with Crippen LogP contribution in [0.25, 0.3) is 0 Å². The number of para-hydroxylation sites is 1. The number of thioether (sulfide) groups is 1. The van der Waals surface area contributed by atoms with Crippen LogP contribution in [0.15, 0.2) is 53.4 Å². The van der Waals surface area contributed by atoms with Gasteiger partial charge in [-0.3, -0.25) is 9.59 Å². The molecule has 0 aromatic heterocycles. The third kappa shape index (κ3) is 5.15. The number of benzene rings is 2. The van der Waals surface area contributed by atoms with E-state index in [0.717, 1.165) is 29.0 Å². The summed E-state index contributed by atoms with van der Waals surface area (Å²) in [6.07, 6.45) is 6.95. The van der Waals surface area contributed by atoms with Gasteiger partial charge in [-0.2, -0.15) is 0 Å². The molecule has 5 heteroatoms. The molecule has 1 aliphatic carbocycles. The van der Waals surface area contributed by atoms with Gasteiger partial charge < -0.3 is 10.2 Å². The minimum absolute atomic E-state index is 0.00687. The number of nitrogens with one attached hydrogen (secondary N) is 1. The molecule has 2 atom stereocenters.